The van der Waals surface area contributed by atoms with E-state index in [-0.39, 0.29) is 16.6 Å². The Morgan fingerprint density at radius 2 is 1.86 bits per heavy atom. The van der Waals surface area contributed by atoms with E-state index in [0.29, 0.717) is 35.4 Å². The quantitative estimate of drug-likeness (QED) is 0.447. The van der Waals surface area contributed by atoms with E-state index in [9.17, 15) is 18.0 Å². The van der Waals surface area contributed by atoms with Crippen molar-refractivity contribution in [1.82, 2.24) is 15.0 Å². The Hall–Kier alpha value is -3.53. The van der Waals surface area contributed by atoms with Gasteiger partial charge in [-0.2, -0.15) is 0 Å². The van der Waals surface area contributed by atoms with Crippen molar-refractivity contribution >= 4 is 38.6 Å². The molecule has 1 aliphatic heterocycles. The predicted molar refractivity (Wildman–Crippen MR) is 134 cm³/mol. The van der Waals surface area contributed by atoms with E-state index in [1.165, 1.54) is 6.07 Å². The monoisotopic (exact) mass is 508 g/mol. The smallest absolute Gasteiger partial charge is 0.266 e. The second kappa shape index (κ2) is 9.85. The maximum absolute atomic E-state index is 13.5. The van der Waals surface area contributed by atoms with Gasteiger partial charge in [0.15, 0.2) is 5.58 Å². The topological polar surface area (TPSA) is 131 Å². The van der Waals surface area contributed by atoms with Crippen LogP contribution in [0.2, 0.25) is 0 Å². The second-order valence-electron chi connectivity index (χ2n) is 9.30. The summed E-state index contributed by atoms with van der Waals surface area (Å²) in [7, 11) is -3.73. The minimum absolute atomic E-state index is 0.0560. The lowest BCUT2D eigenvalue weighted by molar-refractivity contribution is -0.123. The Morgan fingerprint density at radius 1 is 1.14 bits per heavy atom. The molecule has 1 saturated carbocycles. The number of carbonyl (C=O) groups excluding carboxylic acids is 2. The maximum atomic E-state index is 13.5. The number of Topliss-reactive ketones (excluding diaryl/α,β-unsaturated/α-hetero) is 1. The van der Waals surface area contributed by atoms with Crippen LogP contribution in [0.1, 0.15) is 61.7 Å². The van der Waals surface area contributed by atoms with Crippen molar-refractivity contribution in [3.8, 4) is 0 Å². The number of nitrogens with zero attached hydrogens (tertiary/aromatic N) is 2. The van der Waals surface area contributed by atoms with E-state index < -0.39 is 33.8 Å². The Bertz CT molecular complexity index is 1410. The summed E-state index contributed by atoms with van der Waals surface area (Å²) in [5.41, 5.74) is 1.51. The fraction of sp³-hybridized carbons (Fsp3) is 0.385. The van der Waals surface area contributed by atoms with Gasteiger partial charge in [0.05, 0.1) is 10.9 Å². The number of rotatable bonds is 8. The molecule has 0 unspecified atom stereocenters. The third-order valence-corrected chi connectivity index (χ3v) is 8.22. The number of aliphatic imine (C=N–C) groups is 1. The van der Waals surface area contributed by atoms with Crippen molar-refractivity contribution in [2.45, 2.75) is 62.4 Å². The number of amides is 1. The fourth-order valence-electron chi connectivity index (χ4n) is 4.91. The van der Waals surface area contributed by atoms with Gasteiger partial charge in [-0.1, -0.05) is 56.9 Å². The lowest BCUT2D eigenvalue weighted by Gasteiger charge is -2.21. The SMILES string of the molecule is CC[C@H](NC(=O)[C@H](CC1CCCC1)N=C1NS(=O)(=O)c2ccccc21)C(=O)c1nc2ccccc2o1. The molecule has 2 aliphatic rings. The number of carbonyl (C=O) groups is 2. The average molecular weight is 509 g/mol. The number of hydrogen-bond acceptors (Lipinski definition) is 7. The highest BCUT2D eigenvalue weighted by atomic mass is 32.2. The molecular formula is C26H28N4O5S. The molecule has 0 saturated heterocycles. The number of fused-ring (bicyclic) bond motifs is 2. The zero-order valence-electron chi connectivity index (χ0n) is 19.9. The van der Waals surface area contributed by atoms with E-state index in [2.05, 4.69) is 20.0 Å². The summed E-state index contributed by atoms with van der Waals surface area (Å²) < 4.78 is 33.2. The van der Waals surface area contributed by atoms with Crippen molar-refractivity contribution in [3.05, 3.63) is 60.0 Å². The van der Waals surface area contributed by atoms with Crippen molar-refractivity contribution < 1.29 is 22.4 Å². The van der Waals surface area contributed by atoms with Crippen LogP contribution in [0.5, 0.6) is 0 Å². The van der Waals surface area contributed by atoms with Gasteiger partial charge in [0.2, 0.25) is 11.7 Å². The predicted octanol–water partition coefficient (Wildman–Crippen LogP) is 3.59. The van der Waals surface area contributed by atoms with E-state index in [1.807, 2.05) is 0 Å². The number of aromatic nitrogens is 1. The Balaban J connectivity index is 1.40. The molecule has 2 atom stereocenters. The second-order valence-corrected chi connectivity index (χ2v) is 11.0. The van der Waals surface area contributed by atoms with Crippen molar-refractivity contribution in [3.63, 3.8) is 0 Å². The van der Waals surface area contributed by atoms with E-state index in [0.717, 1.165) is 25.7 Å². The highest BCUT2D eigenvalue weighted by Crippen LogP contribution is 2.30. The van der Waals surface area contributed by atoms with Gasteiger partial charge < -0.3 is 9.73 Å². The lowest BCUT2D eigenvalue weighted by Crippen LogP contribution is -2.45. The number of oxazole rings is 1. The number of benzene rings is 2. The molecule has 1 amide bonds. The fourth-order valence-corrected chi connectivity index (χ4v) is 6.15. The van der Waals surface area contributed by atoms with E-state index in [1.54, 1.807) is 49.4 Å². The molecule has 0 radical (unpaired) electrons. The van der Waals surface area contributed by atoms with Crippen LogP contribution in [-0.2, 0) is 14.8 Å². The molecule has 36 heavy (non-hydrogen) atoms. The van der Waals surface area contributed by atoms with Gasteiger partial charge in [0.1, 0.15) is 17.4 Å². The number of sulfonamides is 1. The van der Waals surface area contributed by atoms with Gasteiger partial charge in [-0.25, -0.2) is 13.4 Å². The van der Waals surface area contributed by atoms with Gasteiger partial charge in [0.25, 0.3) is 15.9 Å². The zero-order chi connectivity index (χ0) is 25.3. The van der Waals surface area contributed by atoms with Crippen LogP contribution >= 0.6 is 0 Å². The first-order valence-corrected chi connectivity index (χ1v) is 13.7. The molecule has 10 heteroatoms. The molecule has 188 valence electrons. The first kappa shape index (κ1) is 24.2. The maximum Gasteiger partial charge on any atom is 0.266 e. The minimum Gasteiger partial charge on any atom is -0.434 e. The summed E-state index contributed by atoms with van der Waals surface area (Å²) in [5, 5.41) is 2.83. The summed E-state index contributed by atoms with van der Waals surface area (Å²) in [6.07, 6.45) is 5.00. The van der Waals surface area contributed by atoms with E-state index in [4.69, 9.17) is 4.42 Å². The summed E-state index contributed by atoms with van der Waals surface area (Å²) in [5.74, 6) is -0.428. The third-order valence-electron chi connectivity index (χ3n) is 6.83. The molecule has 5 rings (SSSR count). The van der Waals surface area contributed by atoms with Gasteiger partial charge in [-0.05, 0) is 43.0 Å². The molecule has 2 N–H and O–H groups in total. The van der Waals surface area contributed by atoms with Gasteiger partial charge in [-0.3, -0.25) is 19.3 Å². The van der Waals surface area contributed by atoms with Crippen LogP contribution in [0.3, 0.4) is 0 Å². The minimum atomic E-state index is -3.73. The Kier molecular flexibility index (Phi) is 6.61. The van der Waals surface area contributed by atoms with E-state index >= 15 is 0 Å². The highest BCUT2D eigenvalue weighted by molar-refractivity contribution is 7.90. The zero-order valence-corrected chi connectivity index (χ0v) is 20.8. The number of para-hydroxylation sites is 2. The van der Waals surface area contributed by atoms with Crippen LogP contribution in [0.25, 0.3) is 11.1 Å². The van der Waals surface area contributed by atoms with Crippen LogP contribution in [0.15, 0.2) is 62.8 Å². The molecule has 1 aliphatic carbocycles. The Morgan fingerprint density at radius 3 is 2.61 bits per heavy atom. The number of ketones is 1. The molecule has 1 fully saturated rings. The molecule has 9 nitrogen and oxygen atoms in total. The normalized spacial score (nSPS) is 19.6. The lowest BCUT2D eigenvalue weighted by atomic mass is 9.97. The van der Waals surface area contributed by atoms with Crippen molar-refractivity contribution in [2.24, 2.45) is 10.9 Å². The average Bonchev–Trinajstić information content (AvgIpc) is 3.60. The van der Waals surface area contributed by atoms with Crippen molar-refractivity contribution in [1.29, 1.82) is 0 Å². The molecular weight excluding hydrogens is 480 g/mol. The van der Waals surface area contributed by atoms with Gasteiger partial charge in [0, 0.05) is 5.56 Å². The number of amidine groups is 1. The summed E-state index contributed by atoms with van der Waals surface area (Å²) >= 11 is 0. The molecule has 2 heterocycles. The first-order chi connectivity index (χ1) is 17.4. The van der Waals surface area contributed by atoms with Gasteiger partial charge in [-0.15, -0.1) is 0 Å². The van der Waals surface area contributed by atoms with Crippen LogP contribution in [0, 0.1) is 5.92 Å². The number of hydrogen-bond donors (Lipinski definition) is 2. The summed E-state index contributed by atoms with van der Waals surface area (Å²) in [4.78, 5) is 35.6. The number of nitrogens with one attached hydrogen (secondary N) is 2. The Labute approximate surface area is 209 Å². The van der Waals surface area contributed by atoms with Gasteiger partial charge >= 0.3 is 0 Å². The molecule has 0 bridgehead atoms. The van der Waals surface area contributed by atoms with Crippen LogP contribution < -0.4 is 10.0 Å². The third kappa shape index (κ3) is 4.77. The van der Waals surface area contributed by atoms with Crippen molar-refractivity contribution in [2.75, 3.05) is 0 Å². The molecule has 3 aromatic rings. The summed E-state index contributed by atoms with van der Waals surface area (Å²) in [6.45, 7) is 1.80. The summed E-state index contributed by atoms with van der Waals surface area (Å²) in [6, 6.07) is 12.0. The first-order valence-electron chi connectivity index (χ1n) is 12.3. The standard InChI is InChI=1S/C26H28N4O5S/c1-2-18(23(31)26-29-19-12-6-7-13-21(19)35-26)28-25(32)20(15-16-9-3-4-10-16)27-24-17-11-5-8-14-22(17)36(33,34)30-24/h5-8,11-14,16,18,20H,2-4,9-10,15H2,1H3,(H,27,30)(H,28,32)/t18-,20-/m0/s1. The van der Waals surface area contributed by atoms with Crippen LogP contribution in [0.4, 0.5) is 0 Å². The largest absolute Gasteiger partial charge is 0.434 e. The highest BCUT2D eigenvalue weighted by Gasteiger charge is 2.34. The molecule has 1 aromatic heterocycles. The van der Waals surface area contributed by atoms with Crippen LogP contribution in [-0.4, -0.2) is 43.0 Å². The molecule has 2 aromatic carbocycles. The molecule has 0 spiro atoms.